The molecule has 1 aromatic heterocycles. The molecule has 2 unspecified atom stereocenters. The van der Waals surface area contributed by atoms with Crippen LogP contribution in [0.5, 0.6) is 5.75 Å². The molecule has 1 aliphatic heterocycles. The number of hydrogen-bond acceptors (Lipinski definition) is 6. The fourth-order valence-corrected chi connectivity index (χ4v) is 4.36. The Hall–Kier alpha value is -3.00. The van der Waals surface area contributed by atoms with Crippen molar-refractivity contribution in [3.05, 3.63) is 65.5 Å². The number of fused-ring (bicyclic) bond motifs is 1. The van der Waals surface area contributed by atoms with Gasteiger partial charge in [-0.25, -0.2) is 4.68 Å². The van der Waals surface area contributed by atoms with Gasteiger partial charge in [0.15, 0.2) is 5.82 Å². The van der Waals surface area contributed by atoms with Gasteiger partial charge in [0, 0.05) is 18.2 Å². The van der Waals surface area contributed by atoms with Crippen LogP contribution in [-0.4, -0.2) is 33.1 Å². The summed E-state index contributed by atoms with van der Waals surface area (Å²) in [4.78, 5) is 13.2. The number of rotatable bonds is 5. The number of nitrogens with zero attached hydrogens (tertiary/aromatic N) is 3. The number of carbonyl (C=O) groups is 1. The number of benzene rings is 2. The van der Waals surface area contributed by atoms with E-state index in [0.717, 1.165) is 17.8 Å². The lowest BCUT2D eigenvalue weighted by molar-refractivity contribution is -0.116. The number of amides is 1. The highest BCUT2D eigenvalue weighted by atomic mass is 32.2. The third-order valence-corrected chi connectivity index (χ3v) is 6.07. The number of hydrogen-bond donors (Lipinski definition) is 2. The molecule has 0 saturated heterocycles. The van der Waals surface area contributed by atoms with Crippen LogP contribution in [0.1, 0.15) is 29.9 Å². The van der Waals surface area contributed by atoms with Crippen LogP contribution in [0.15, 0.2) is 53.7 Å². The highest BCUT2D eigenvalue weighted by Crippen LogP contribution is 2.37. The smallest absolute Gasteiger partial charge is 0.240 e. The molecule has 2 heterocycles. The zero-order valence-electron chi connectivity index (χ0n) is 16.5. The number of aryl methyl sites for hydroxylation is 2. The van der Waals surface area contributed by atoms with Gasteiger partial charge in [-0.05, 0) is 24.6 Å². The van der Waals surface area contributed by atoms with Crippen molar-refractivity contribution < 1.29 is 9.53 Å². The van der Waals surface area contributed by atoms with Crippen molar-refractivity contribution in [3.8, 4) is 5.75 Å². The van der Waals surface area contributed by atoms with Crippen LogP contribution >= 0.6 is 11.8 Å². The van der Waals surface area contributed by atoms with Crippen LogP contribution in [0, 0.1) is 6.92 Å². The van der Waals surface area contributed by atoms with E-state index in [0.29, 0.717) is 16.6 Å². The van der Waals surface area contributed by atoms with Crippen LogP contribution in [0.2, 0.25) is 0 Å². The van der Waals surface area contributed by atoms with E-state index < -0.39 is 5.25 Å². The maximum absolute atomic E-state index is 13.2. The molecule has 4 rings (SSSR count). The van der Waals surface area contributed by atoms with Gasteiger partial charge in [-0.15, -0.1) is 10.2 Å². The summed E-state index contributed by atoms with van der Waals surface area (Å²) in [6, 6.07) is 15.3. The molecule has 1 amide bonds. The molecule has 2 aromatic carbocycles. The van der Waals surface area contributed by atoms with Gasteiger partial charge in [0.2, 0.25) is 11.1 Å². The highest BCUT2D eigenvalue weighted by Gasteiger charge is 2.37. The maximum Gasteiger partial charge on any atom is 0.240 e. The fraction of sp³-hybridized carbons (Fsp3) is 0.286. The Kier molecular flexibility index (Phi) is 5.44. The molecule has 7 nitrogen and oxygen atoms in total. The van der Waals surface area contributed by atoms with Crippen molar-refractivity contribution in [3.63, 3.8) is 0 Å². The van der Waals surface area contributed by atoms with Gasteiger partial charge >= 0.3 is 0 Å². The fourth-order valence-electron chi connectivity index (χ4n) is 3.27. The first-order chi connectivity index (χ1) is 14.1. The van der Waals surface area contributed by atoms with Crippen LogP contribution in [0.25, 0.3) is 0 Å². The van der Waals surface area contributed by atoms with E-state index >= 15 is 0 Å². The molecule has 150 valence electrons. The van der Waals surface area contributed by atoms with Crippen molar-refractivity contribution in [1.29, 1.82) is 0 Å². The van der Waals surface area contributed by atoms with E-state index in [1.165, 1.54) is 17.3 Å². The van der Waals surface area contributed by atoms with E-state index in [1.807, 2.05) is 36.7 Å². The second-order valence-corrected chi connectivity index (χ2v) is 7.97. The lowest BCUT2D eigenvalue weighted by Crippen LogP contribution is -2.41. The van der Waals surface area contributed by atoms with Gasteiger partial charge in [-0.2, -0.15) is 0 Å². The molecule has 29 heavy (non-hydrogen) atoms. The van der Waals surface area contributed by atoms with E-state index in [4.69, 9.17) is 4.74 Å². The molecule has 0 bridgehead atoms. The van der Waals surface area contributed by atoms with Crippen molar-refractivity contribution in [2.45, 2.75) is 36.7 Å². The number of ether oxygens (including phenoxy) is 1. The molecule has 8 heteroatoms. The SMILES string of the molecule is CCc1nnc2n1NC(c1ccc(C)cc1)C(C(=O)Nc1cccc(OC)c1)S2. The Morgan fingerprint density at radius 2 is 2.03 bits per heavy atom. The van der Waals surface area contributed by atoms with Gasteiger partial charge in [0.05, 0.1) is 13.2 Å². The van der Waals surface area contributed by atoms with Gasteiger partial charge in [-0.3, -0.25) is 4.79 Å². The summed E-state index contributed by atoms with van der Waals surface area (Å²) in [5.74, 6) is 1.43. The predicted octanol–water partition coefficient (Wildman–Crippen LogP) is 3.56. The largest absolute Gasteiger partial charge is 0.497 e. The van der Waals surface area contributed by atoms with E-state index in [2.05, 4.69) is 45.2 Å². The lowest BCUT2D eigenvalue weighted by Gasteiger charge is -2.33. The third kappa shape index (κ3) is 3.93. The molecular formula is C21H23N5O2S. The second kappa shape index (κ2) is 8.16. The average molecular weight is 410 g/mol. The minimum absolute atomic E-state index is 0.103. The van der Waals surface area contributed by atoms with Gasteiger partial charge < -0.3 is 15.5 Å². The average Bonchev–Trinajstić information content (AvgIpc) is 3.15. The number of carbonyl (C=O) groups excluding carboxylic acids is 1. The summed E-state index contributed by atoms with van der Waals surface area (Å²) in [5, 5.41) is 11.8. The van der Waals surface area contributed by atoms with Crippen LogP contribution in [0.4, 0.5) is 5.69 Å². The first-order valence-electron chi connectivity index (χ1n) is 9.48. The van der Waals surface area contributed by atoms with Crippen molar-refractivity contribution in [1.82, 2.24) is 14.9 Å². The molecule has 1 aliphatic rings. The number of nitrogens with one attached hydrogen (secondary N) is 2. The molecule has 0 saturated carbocycles. The Morgan fingerprint density at radius 3 is 2.76 bits per heavy atom. The first-order valence-corrected chi connectivity index (χ1v) is 10.4. The standard InChI is InChI=1S/C21H23N5O2S/c1-4-17-23-24-21-26(17)25-18(14-10-8-13(2)9-11-14)19(29-21)20(27)22-15-6-5-7-16(12-15)28-3/h5-12,18-19,25H,4H2,1-3H3,(H,22,27). The number of anilines is 1. The quantitative estimate of drug-likeness (QED) is 0.671. The van der Waals surface area contributed by atoms with E-state index in [1.54, 1.807) is 13.2 Å². The van der Waals surface area contributed by atoms with E-state index in [-0.39, 0.29) is 11.9 Å². The van der Waals surface area contributed by atoms with Gasteiger partial charge in [-0.1, -0.05) is 54.6 Å². The number of aromatic nitrogens is 3. The predicted molar refractivity (Wildman–Crippen MR) is 114 cm³/mol. The minimum atomic E-state index is -0.412. The zero-order valence-corrected chi connectivity index (χ0v) is 17.4. The molecule has 2 atom stereocenters. The molecule has 0 spiro atoms. The Morgan fingerprint density at radius 1 is 1.24 bits per heavy atom. The zero-order chi connectivity index (χ0) is 20.4. The minimum Gasteiger partial charge on any atom is -0.497 e. The Bertz CT molecular complexity index is 1020. The summed E-state index contributed by atoms with van der Waals surface area (Å²) in [7, 11) is 1.60. The third-order valence-electron chi connectivity index (χ3n) is 4.85. The Labute approximate surface area is 173 Å². The number of methoxy groups -OCH3 is 1. The van der Waals surface area contributed by atoms with E-state index in [9.17, 15) is 4.79 Å². The van der Waals surface area contributed by atoms with Crippen LogP contribution < -0.4 is 15.5 Å². The molecule has 2 N–H and O–H groups in total. The summed E-state index contributed by atoms with van der Waals surface area (Å²) >= 11 is 1.42. The summed E-state index contributed by atoms with van der Waals surface area (Å²) in [5.41, 5.74) is 6.36. The number of thioether (sulfide) groups is 1. The second-order valence-electron chi connectivity index (χ2n) is 6.86. The highest BCUT2D eigenvalue weighted by molar-refractivity contribution is 8.00. The summed E-state index contributed by atoms with van der Waals surface area (Å²) in [6.45, 7) is 4.08. The first kappa shape index (κ1) is 19.3. The molecular weight excluding hydrogens is 386 g/mol. The van der Waals surface area contributed by atoms with Gasteiger partial charge in [0.1, 0.15) is 11.0 Å². The summed E-state index contributed by atoms with van der Waals surface area (Å²) < 4.78 is 7.15. The molecule has 0 fully saturated rings. The molecule has 0 aliphatic carbocycles. The van der Waals surface area contributed by atoms with Crippen molar-refractivity contribution >= 4 is 23.4 Å². The van der Waals surface area contributed by atoms with Crippen molar-refractivity contribution in [2.75, 3.05) is 17.9 Å². The lowest BCUT2D eigenvalue weighted by atomic mass is 10.0. The van der Waals surface area contributed by atoms with Crippen LogP contribution in [0.3, 0.4) is 0 Å². The monoisotopic (exact) mass is 409 g/mol. The Balaban J connectivity index is 1.65. The normalized spacial score (nSPS) is 17.9. The van der Waals surface area contributed by atoms with Crippen molar-refractivity contribution in [2.24, 2.45) is 0 Å². The van der Waals surface area contributed by atoms with Gasteiger partial charge in [0.25, 0.3) is 0 Å². The van der Waals surface area contributed by atoms with Crippen LogP contribution in [-0.2, 0) is 11.2 Å². The molecule has 3 aromatic rings. The summed E-state index contributed by atoms with van der Waals surface area (Å²) in [6.07, 6.45) is 0.752. The topological polar surface area (TPSA) is 81.1 Å². The maximum atomic E-state index is 13.2. The molecule has 0 radical (unpaired) electrons.